The Bertz CT molecular complexity index is 1950. The van der Waals surface area contributed by atoms with Crippen LogP contribution in [0.2, 0.25) is 5.02 Å². The van der Waals surface area contributed by atoms with E-state index in [9.17, 15) is 10.1 Å². The molecule has 6 rings (SSSR count). The molecule has 230 valence electrons. The number of pyridine rings is 2. The van der Waals surface area contributed by atoms with Crippen molar-refractivity contribution in [2.24, 2.45) is 0 Å². The fraction of sp³-hybridized carbons (Fsp3) is 0.167. The SMILES string of the molecule is Cc1ccc(COc2ccc(Nc3c(C#N)cnc4c(NC(=O)C=C5CCNCC5)c(Oc5ccncc5)ccc34)cc2Cl)cc1. The smallest absolute Gasteiger partial charge is 0.248 e. The lowest BCUT2D eigenvalue weighted by Crippen LogP contribution is -2.24. The largest absolute Gasteiger partial charge is 0.487 e. The second kappa shape index (κ2) is 14.1. The quantitative estimate of drug-likeness (QED) is 0.141. The summed E-state index contributed by atoms with van der Waals surface area (Å²) in [7, 11) is 0. The summed E-state index contributed by atoms with van der Waals surface area (Å²) < 4.78 is 12.1. The molecular weight excluding hydrogens is 600 g/mol. The van der Waals surface area contributed by atoms with E-state index < -0.39 is 0 Å². The molecular formula is C36H31ClN6O3. The third-order valence-electron chi connectivity index (χ3n) is 7.54. The van der Waals surface area contributed by atoms with Crippen molar-refractivity contribution in [3.63, 3.8) is 0 Å². The lowest BCUT2D eigenvalue weighted by atomic mass is 10.0. The fourth-order valence-electron chi connectivity index (χ4n) is 5.13. The van der Waals surface area contributed by atoms with Gasteiger partial charge in [-0.1, -0.05) is 47.0 Å². The standard InChI is InChI=1S/C36H31ClN6O3/c1-23-2-4-25(5-3-23)22-45-31-8-6-27(19-30(31)37)42-34-26(20-38)21-41-35-29(34)7-9-32(46-28-12-16-40-17-13-28)36(35)43-33(44)18-24-10-14-39-15-11-24/h2-9,12-13,16-19,21,39H,10-11,14-15,22H2,1H3,(H,41,42)(H,43,44). The minimum Gasteiger partial charge on any atom is -0.487 e. The number of aryl methyl sites for hydroxylation is 1. The van der Waals surface area contributed by atoms with Gasteiger partial charge in [0.25, 0.3) is 0 Å². The maximum Gasteiger partial charge on any atom is 0.248 e. The molecule has 3 heterocycles. The molecule has 3 N–H and O–H groups in total. The molecule has 1 amide bonds. The van der Waals surface area contributed by atoms with Crippen molar-refractivity contribution in [3.8, 4) is 23.3 Å². The molecule has 5 aromatic rings. The second-order valence-corrected chi connectivity index (χ2v) is 11.3. The first-order valence-corrected chi connectivity index (χ1v) is 15.2. The Morgan fingerprint density at radius 3 is 2.52 bits per heavy atom. The van der Waals surface area contributed by atoms with E-state index >= 15 is 0 Å². The first-order valence-electron chi connectivity index (χ1n) is 14.9. The van der Waals surface area contributed by atoms with E-state index in [0.717, 1.165) is 37.1 Å². The van der Waals surface area contributed by atoms with E-state index in [1.54, 1.807) is 48.8 Å². The van der Waals surface area contributed by atoms with Crippen molar-refractivity contribution in [2.75, 3.05) is 23.7 Å². The van der Waals surface area contributed by atoms with Crippen molar-refractivity contribution in [1.29, 1.82) is 5.26 Å². The summed E-state index contributed by atoms with van der Waals surface area (Å²) in [6.07, 6.45) is 7.98. The van der Waals surface area contributed by atoms with Gasteiger partial charge in [0, 0.05) is 35.7 Å². The highest BCUT2D eigenvalue weighted by Gasteiger charge is 2.19. The van der Waals surface area contributed by atoms with Gasteiger partial charge < -0.3 is 25.4 Å². The van der Waals surface area contributed by atoms with Gasteiger partial charge in [-0.25, -0.2) is 0 Å². The number of hydrogen-bond donors (Lipinski definition) is 3. The van der Waals surface area contributed by atoms with Gasteiger partial charge in [-0.05, 0) is 80.9 Å². The number of amides is 1. The number of fused-ring (bicyclic) bond motifs is 1. The predicted molar refractivity (Wildman–Crippen MR) is 180 cm³/mol. The van der Waals surface area contributed by atoms with E-state index in [1.165, 1.54) is 11.8 Å². The number of aromatic nitrogens is 2. The molecule has 0 radical (unpaired) electrons. The Kier molecular flexibility index (Phi) is 9.39. The molecule has 2 aromatic heterocycles. The number of piperidine rings is 1. The van der Waals surface area contributed by atoms with Crippen LogP contribution in [-0.2, 0) is 11.4 Å². The number of rotatable bonds is 9. The second-order valence-electron chi connectivity index (χ2n) is 10.9. The molecule has 10 heteroatoms. The molecule has 3 aromatic carbocycles. The molecule has 0 spiro atoms. The van der Waals surface area contributed by atoms with Crippen molar-refractivity contribution in [3.05, 3.63) is 119 Å². The topological polar surface area (TPSA) is 121 Å². The molecule has 9 nitrogen and oxygen atoms in total. The van der Waals surface area contributed by atoms with E-state index in [1.807, 2.05) is 43.3 Å². The van der Waals surface area contributed by atoms with Crippen molar-refractivity contribution >= 4 is 45.5 Å². The van der Waals surface area contributed by atoms with Gasteiger partial charge in [0.1, 0.15) is 29.9 Å². The molecule has 1 aliphatic heterocycles. The number of ether oxygens (including phenoxy) is 2. The zero-order valence-electron chi connectivity index (χ0n) is 25.1. The summed E-state index contributed by atoms with van der Waals surface area (Å²) in [5.74, 6) is 1.21. The van der Waals surface area contributed by atoms with E-state index in [2.05, 4.69) is 32.0 Å². The number of halogens is 1. The van der Waals surface area contributed by atoms with Crippen LogP contribution in [-0.4, -0.2) is 29.0 Å². The van der Waals surface area contributed by atoms with Gasteiger partial charge in [-0.3, -0.25) is 14.8 Å². The Morgan fingerprint density at radius 2 is 1.78 bits per heavy atom. The van der Waals surface area contributed by atoms with Gasteiger partial charge in [0.2, 0.25) is 5.91 Å². The Morgan fingerprint density at radius 1 is 1.02 bits per heavy atom. The van der Waals surface area contributed by atoms with Crippen molar-refractivity contribution in [1.82, 2.24) is 15.3 Å². The molecule has 1 fully saturated rings. The number of nitriles is 1. The highest BCUT2D eigenvalue weighted by molar-refractivity contribution is 6.32. The average molecular weight is 631 g/mol. The van der Waals surface area contributed by atoms with Crippen LogP contribution in [0.4, 0.5) is 17.1 Å². The van der Waals surface area contributed by atoms with Crippen molar-refractivity contribution < 1.29 is 14.3 Å². The van der Waals surface area contributed by atoms with E-state index in [-0.39, 0.29) is 5.91 Å². The van der Waals surface area contributed by atoms with Crippen LogP contribution in [0.5, 0.6) is 17.2 Å². The summed E-state index contributed by atoms with van der Waals surface area (Å²) in [4.78, 5) is 21.9. The number of anilines is 3. The molecule has 0 atom stereocenters. The maximum absolute atomic E-state index is 13.3. The number of carbonyl (C=O) groups is 1. The van der Waals surface area contributed by atoms with Crippen LogP contribution >= 0.6 is 11.6 Å². The first-order chi connectivity index (χ1) is 22.5. The summed E-state index contributed by atoms with van der Waals surface area (Å²) in [5.41, 5.74) is 5.60. The fourth-order valence-corrected chi connectivity index (χ4v) is 5.36. The molecule has 0 unspecified atom stereocenters. The Labute approximate surface area is 271 Å². The predicted octanol–water partition coefficient (Wildman–Crippen LogP) is 7.83. The third kappa shape index (κ3) is 7.26. The van der Waals surface area contributed by atoms with Crippen LogP contribution in [0, 0.1) is 18.3 Å². The number of nitrogens with one attached hydrogen (secondary N) is 3. The Balaban J connectivity index is 1.33. The van der Waals surface area contributed by atoms with Crippen LogP contribution < -0.4 is 25.4 Å². The average Bonchev–Trinajstić information content (AvgIpc) is 3.07. The maximum atomic E-state index is 13.3. The molecule has 46 heavy (non-hydrogen) atoms. The normalized spacial score (nSPS) is 12.7. The van der Waals surface area contributed by atoms with Gasteiger partial charge in [-0.2, -0.15) is 5.26 Å². The third-order valence-corrected chi connectivity index (χ3v) is 7.84. The molecule has 1 saturated heterocycles. The van der Waals surface area contributed by atoms with Crippen LogP contribution in [0.1, 0.15) is 29.5 Å². The van der Waals surface area contributed by atoms with E-state index in [4.69, 9.17) is 21.1 Å². The van der Waals surface area contributed by atoms with Gasteiger partial charge in [0.15, 0.2) is 5.75 Å². The number of benzene rings is 3. The summed E-state index contributed by atoms with van der Waals surface area (Å²) in [6.45, 7) is 4.09. The minimum absolute atomic E-state index is 0.280. The number of carbonyl (C=O) groups excluding carboxylic acids is 1. The summed E-state index contributed by atoms with van der Waals surface area (Å²) in [5, 5.41) is 20.7. The highest BCUT2D eigenvalue weighted by Crippen LogP contribution is 2.40. The first kappa shape index (κ1) is 30.6. The van der Waals surface area contributed by atoms with Crippen LogP contribution in [0.3, 0.4) is 0 Å². The zero-order chi connectivity index (χ0) is 31.9. The van der Waals surface area contributed by atoms with Gasteiger partial charge >= 0.3 is 0 Å². The molecule has 0 aliphatic carbocycles. The highest BCUT2D eigenvalue weighted by atomic mass is 35.5. The summed E-state index contributed by atoms with van der Waals surface area (Å²) >= 11 is 6.62. The summed E-state index contributed by atoms with van der Waals surface area (Å²) in [6, 6.07) is 22.7. The molecule has 1 aliphatic rings. The monoisotopic (exact) mass is 630 g/mol. The van der Waals surface area contributed by atoms with Gasteiger partial charge in [0.05, 0.1) is 21.8 Å². The zero-order valence-corrected chi connectivity index (χ0v) is 25.9. The Hall–Kier alpha value is -5.43. The minimum atomic E-state index is -0.280. The van der Waals surface area contributed by atoms with Gasteiger partial charge in [-0.15, -0.1) is 0 Å². The van der Waals surface area contributed by atoms with Crippen LogP contribution in [0.25, 0.3) is 10.9 Å². The van der Waals surface area contributed by atoms with E-state index in [0.29, 0.717) is 62.4 Å². The van der Waals surface area contributed by atoms with Crippen LogP contribution in [0.15, 0.2) is 97.0 Å². The lowest BCUT2D eigenvalue weighted by Gasteiger charge is -2.18. The van der Waals surface area contributed by atoms with Crippen molar-refractivity contribution in [2.45, 2.75) is 26.4 Å². The molecule has 0 saturated carbocycles. The number of hydrogen-bond acceptors (Lipinski definition) is 8. The molecule has 0 bridgehead atoms. The number of nitrogens with zero attached hydrogens (tertiary/aromatic N) is 3. The lowest BCUT2D eigenvalue weighted by molar-refractivity contribution is -0.112.